The highest BCUT2D eigenvalue weighted by Gasteiger charge is 2.33. The molecule has 2 amide bonds. The number of carbonyl (C=O) groups is 3. The molecule has 0 bridgehead atoms. The van der Waals surface area contributed by atoms with Gasteiger partial charge in [-0.2, -0.15) is 0 Å². The van der Waals surface area contributed by atoms with Crippen molar-refractivity contribution in [2.75, 3.05) is 18.6 Å². The SMILES string of the molecule is COC(=O)c1ccc2c(c1)CCN2C(=O)C(NC(=O)c1ccccc1C)C(C)C. The van der Waals surface area contributed by atoms with E-state index in [1.54, 1.807) is 29.2 Å². The molecule has 1 unspecified atom stereocenters. The first-order valence-corrected chi connectivity index (χ1v) is 9.72. The average Bonchev–Trinajstić information content (AvgIpc) is 3.14. The Kier molecular flexibility index (Phi) is 6.01. The number of esters is 1. The van der Waals surface area contributed by atoms with Crippen LogP contribution in [-0.4, -0.2) is 37.5 Å². The van der Waals surface area contributed by atoms with Crippen LogP contribution in [0.3, 0.4) is 0 Å². The standard InChI is InChI=1S/C23H26N2O4/c1-14(2)20(24-21(26)18-8-6-5-7-15(18)3)22(27)25-12-11-16-13-17(23(28)29-4)9-10-19(16)25/h5-10,13-14,20H,11-12H2,1-4H3,(H,24,26). The summed E-state index contributed by atoms with van der Waals surface area (Å²) in [7, 11) is 1.34. The molecule has 0 aromatic heterocycles. The van der Waals surface area contributed by atoms with E-state index in [-0.39, 0.29) is 17.7 Å². The summed E-state index contributed by atoms with van der Waals surface area (Å²) in [6.45, 7) is 6.22. The molecule has 0 spiro atoms. The number of anilines is 1. The van der Waals surface area contributed by atoms with Crippen LogP contribution in [0.5, 0.6) is 0 Å². The predicted molar refractivity (Wildman–Crippen MR) is 111 cm³/mol. The fourth-order valence-corrected chi connectivity index (χ4v) is 3.60. The zero-order valence-electron chi connectivity index (χ0n) is 17.2. The van der Waals surface area contributed by atoms with Crippen molar-refractivity contribution in [2.45, 2.75) is 33.2 Å². The number of rotatable bonds is 5. The van der Waals surface area contributed by atoms with Crippen molar-refractivity contribution in [1.29, 1.82) is 0 Å². The molecular formula is C23H26N2O4. The zero-order chi connectivity index (χ0) is 21.1. The largest absolute Gasteiger partial charge is 0.465 e. The van der Waals surface area contributed by atoms with Crippen LogP contribution in [0.25, 0.3) is 0 Å². The number of hydrogen-bond donors (Lipinski definition) is 1. The predicted octanol–water partition coefficient (Wildman–Crippen LogP) is 3.13. The lowest BCUT2D eigenvalue weighted by Crippen LogP contribution is -2.51. The van der Waals surface area contributed by atoms with Crippen molar-refractivity contribution in [1.82, 2.24) is 5.32 Å². The van der Waals surface area contributed by atoms with Gasteiger partial charge in [0.25, 0.3) is 5.91 Å². The maximum Gasteiger partial charge on any atom is 0.337 e. The molecule has 29 heavy (non-hydrogen) atoms. The van der Waals surface area contributed by atoms with E-state index in [0.717, 1.165) is 16.8 Å². The summed E-state index contributed by atoms with van der Waals surface area (Å²) < 4.78 is 4.77. The van der Waals surface area contributed by atoms with Gasteiger partial charge in [-0.1, -0.05) is 32.0 Å². The number of hydrogen-bond acceptors (Lipinski definition) is 4. The van der Waals surface area contributed by atoms with Crippen molar-refractivity contribution in [3.63, 3.8) is 0 Å². The number of nitrogens with one attached hydrogen (secondary N) is 1. The summed E-state index contributed by atoms with van der Waals surface area (Å²) in [5.74, 6) is -0.876. The summed E-state index contributed by atoms with van der Waals surface area (Å²) in [4.78, 5) is 39.5. The monoisotopic (exact) mass is 394 g/mol. The molecule has 0 radical (unpaired) electrons. The second kappa shape index (κ2) is 8.47. The number of methoxy groups -OCH3 is 1. The molecule has 6 heteroatoms. The molecule has 6 nitrogen and oxygen atoms in total. The lowest BCUT2D eigenvalue weighted by atomic mass is 10.0. The van der Waals surface area contributed by atoms with E-state index in [0.29, 0.717) is 24.1 Å². The third kappa shape index (κ3) is 4.16. The van der Waals surface area contributed by atoms with Crippen LogP contribution < -0.4 is 10.2 Å². The topological polar surface area (TPSA) is 75.7 Å². The van der Waals surface area contributed by atoms with Crippen molar-refractivity contribution >= 4 is 23.5 Å². The van der Waals surface area contributed by atoms with Crippen LogP contribution in [0.1, 0.15) is 45.7 Å². The van der Waals surface area contributed by atoms with Gasteiger partial charge in [-0.25, -0.2) is 4.79 Å². The van der Waals surface area contributed by atoms with Crippen molar-refractivity contribution in [2.24, 2.45) is 5.92 Å². The third-order valence-electron chi connectivity index (χ3n) is 5.27. The maximum absolute atomic E-state index is 13.3. The van der Waals surface area contributed by atoms with Gasteiger partial charge < -0.3 is 15.0 Å². The molecule has 1 aliphatic heterocycles. The lowest BCUT2D eigenvalue weighted by Gasteiger charge is -2.27. The Labute approximate surface area is 170 Å². The first-order valence-electron chi connectivity index (χ1n) is 9.72. The number of benzene rings is 2. The van der Waals surface area contributed by atoms with Crippen LogP contribution in [0.15, 0.2) is 42.5 Å². The molecule has 1 aliphatic rings. The minimum absolute atomic E-state index is 0.0751. The smallest absolute Gasteiger partial charge is 0.337 e. The number of nitrogens with zero attached hydrogens (tertiary/aromatic N) is 1. The summed E-state index contributed by atoms with van der Waals surface area (Å²) in [6.07, 6.45) is 0.655. The molecule has 0 fully saturated rings. The highest BCUT2D eigenvalue weighted by molar-refractivity contribution is 6.04. The Hall–Kier alpha value is -3.15. The molecule has 0 saturated heterocycles. The van der Waals surface area contributed by atoms with Gasteiger partial charge in [0, 0.05) is 17.8 Å². The van der Waals surface area contributed by atoms with E-state index in [9.17, 15) is 14.4 Å². The molecule has 2 aromatic rings. The van der Waals surface area contributed by atoms with Gasteiger partial charge in [-0.3, -0.25) is 9.59 Å². The molecule has 1 heterocycles. The first kappa shape index (κ1) is 20.6. The summed E-state index contributed by atoms with van der Waals surface area (Å²) in [5, 5.41) is 2.92. The Morgan fingerprint density at radius 1 is 1.10 bits per heavy atom. The van der Waals surface area contributed by atoms with E-state index in [1.807, 2.05) is 39.0 Å². The highest BCUT2D eigenvalue weighted by Crippen LogP contribution is 2.30. The number of amides is 2. The van der Waals surface area contributed by atoms with E-state index >= 15 is 0 Å². The van der Waals surface area contributed by atoms with Crippen LogP contribution in [0, 0.1) is 12.8 Å². The Balaban J connectivity index is 1.82. The Morgan fingerprint density at radius 2 is 1.83 bits per heavy atom. The second-order valence-electron chi connectivity index (χ2n) is 7.59. The Morgan fingerprint density at radius 3 is 2.48 bits per heavy atom. The minimum atomic E-state index is -0.645. The average molecular weight is 394 g/mol. The second-order valence-corrected chi connectivity index (χ2v) is 7.59. The van der Waals surface area contributed by atoms with Gasteiger partial charge in [-0.15, -0.1) is 0 Å². The summed E-state index contributed by atoms with van der Waals surface area (Å²) in [5.41, 5.74) is 3.60. The van der Waals surface area contributed by atoms with Gasteiger partial charge >= 0.3 is 5.97 Å². The molecule has 1 atom stereocenters. The summed E-state index contributed by atoms with van der Waals surface area (Å²) >= 11 is 0. The van der Waals surface area contributed by atoms with E-state index in [2.05, 4.69) is 5.32 Å². The van der Waals surface area contributed by atoms with E-state index in [1.165, 1.54) is 7.11 Å². The molecule has 1 N–H and O–H groups in total. The molecule has 0 saturated carbocycles. The molecule has 0 aliphatic carbocycles. The van der Waals surface area contributed by atoms with Gasteiger partial charge in [-0.05, 0) is 54.7 Å². The minimum Gasteiger partial charge on any atom is -0.465 e. The van der Waals surface area contributed by atoms with Gasteiger partial charge in [0.15, 0.2) is 0 Å². The van der Waals surface area contributed by atoms with Crippen molar-refractivity contribution in [3.05, 3.63) is 64.7 Å². The van der Waals surface area contributed by atoms with Crippen LogP contribution in [-0.2, 0) is 16.0 Å². The highest BCUT2D eigenvalue weighted by atomic mass is 16.5. The van der Waals surface area contributed by atoms with Crippen molar-refractivity contribution < 1.29 is 19.1 Å². The van der Waals surface area contributed by atoms with Gasteiger partial charge in [0.2, 0.25) is 5.91 Å². The van der Waals surface area contributed by atoms with Crippen LogP contribution >= 0.6 is 0 Å². The molecule has 3 rings (SSSR count). The number of ether oxygens (including phenoxy) is 1. The van der Waals surface area contributed by atoms with E-state index in [4.69, 9.17) is 4.74 Å². The molecular weight excluding hydrogens is 368 g/mol. The molecule has 2 aromatic carbocycles. The fraction of sp³-hybridized carbons (Fsp3) is 0.348. The number of fused-ring (bicyclic) bond motifs is 1. The third-order valence-corrected chi connectivity index (χ3v) is 5.27. The van der Waals surface area contributed by atoms with Crippen molar-refractivity contribution in [3.8, 4) is 0 Å². The normalized spacial score (nSPS) is 13.8. The maximum atomic E-state index is 13.3. The first-order chi connectivity index (χ1) is 13.8. The lowest BCUT2D eigenvalue weighted by molar-refractivity contribution is -0.121. The Bertz CT molecular complexity index is 952. The summed E-state index contributed by atoms with van der Waals surface area (Å²) in [6, 6.07) is 11.9. The quantitative estimate of drug-likeness (QED) is 0.791. The van der Waals surface area contributed by atoms with Crippen LogP contribution in [0.2, 0.25) is 0 Å². The molecule has 152 valence electrons. The van der Waals surface area contributed by atoms with E-state index < -0.39 is 12.0 Å². The number of carbonyl (C=O) groups excluding carboxylic acids is 3. The fourth-order valence-electron chi connectivity index (χ4n) is 3.60. The van der Waals surface area contributed by atoms with Gasteiger partial charge in [0.05, 0.1) is 12.7 Å². The van der Waals surface area contributed by atoms with Gasteiger partial charge in [0.1, 0.15) is 6.04 Å². The number of aryl methyl sites for hydroxylation is 1. The zero-order valence-corrected chi connectivity index (χ0v) is 17.2. The van der Waals surface area contributed by atoms with Crippen LogP contribution in [0.4, 0.5) is 5.69 Å².